The molecule has 1 aromatic heterocycles. The number of ether oxygens (including phenoxy) is 1. The molecule has 0 bridgehead atoms. The third-order valence-corrected chi connectivity index (χ3v) is 4.80. The van der Waals surface area contributed by atoms with Crippen LogP contribution < -0.4 is 5.32 Å². The van der Waals surface area contributed by atoms with Gasteiger partial charge in [-0.25, -0.2) is 8.78 Å². The van der Waals surface area contributed by atoms with E-state index in [2.05, 4.69) is 5.32 Å². The van der Waals surface area contributed by atoms with Gasteiger partial charge in [-0.15, -0.1) is 11.3 Å². The van der Waals surface area contributed by atoms with E-state index >= 15 is 0 Å². The molecule has 0 unspecified atom stereocenters. The number of fused-ring (bicyclic) bond motifs is 1. The van der Waals surface area contributed by atoms with Crippen LogP contribution in [0.1, 0.15) is 20.8 Å². The fourth-order valence-electron chi connectivity index (χ4n) is 2.54. The Morgan fingerprint density at radius 3 is 2.75 bits per heavy atom. The van der Waals surface area contributed by atoms with Crippen molar-refractivity contribution in [3.63, 3.8) is 0 Å². The molecule has 24 heavy (non-hydrogen) atoms. The maximum absolute atomic E-state index is 14.1. The predicted molar refractivity (Wildman–Crippen MR) is 90.1 cm³/mol. The Bertz CT molecular complexity index is 892. The third kappa shape index (κ3) is 3.29. The molecule has 2 aromatic carbocycles. The SMILES string of the molecule is COCc1c(C(=O)NCc2cccc(F)c2)sc2cccc(F)c12. The van der Waals surface area contributed by atoms with Gasteiger partial charge in [0.1, 0.15) is 11.6 Å². The zero-order valence-electron chi connectivity index (χ0n) is 12.9. The minimum absolute atomic E-state index is 0.143. The molecule has 0 fully saturated rings. The molecule has 1 heterocycles. The van der Waals surface area contributed by atoms with E-state index < -0.39 is 0 Å². The number of carbonyl (C=O) groups is 1. The van der Waals surface area contributed by atoms with Crippen LogP contribution >= 0.6 is 11.3 Å². The van der Waals surface area contributed by atoms with Crippen LogP contribution in [-0.2, 0) is 17.9 Å². The lowest BCUT2D eigenvalue weighted by molar-refractivity contribution is 0.0950. The van der Waals surface area contributed by atoms with Crippen LogP contribution in [0.25, 0.3) is 10.1 Å². The van der Waals surface area contributed by atoms with Crippen molar-refractivity contribution in [3.8, 4) is 0 Å². The van der Waals surface area contributed by atoms with Crippen molar-refractivity contribution >= 4 is 27.3 Å². The Kier molecular flexibility index (Phi) is 4.87. The second-order valence-corrected chi connectivity index (χ2v) is 6.32. The molecule has 0 aliphatic carbocycles. The third-order valence-electron chi connectivity index (χ3n) is 3.60. The maximum Gasteiger partial charge on any atom is 0.262 e. The standard InChI is InChI=1S/C18H15F2NO2S/c1-23-10-13-16-14(20)6-3-7-15(16)24-17(13)18(22)21-9-11-4-2-5-12(19)8-11/h2-8H,9-10H2,1H3,(H,21,22). The lowest BCUT2D eigenvalue weighted by Crippen LogP contribution is -2.23. The maximum atomic E-state index is 14.1. The highest BCUT2D eigenvalue weighted by molar-refractivity contribution is 7.21. The number of hydrogen-bond acceptors (Lipinski definition) is 3. The van der Waals surface area contributed by atoms with Gasteiger partial charge in [0.05, 0.1) is 11.5 Å². The molecule has 6 heteroatoms. The van der Waals surface area contributed by atoms with Crippen LogP contribution in [0.5, 0.6) is 0 Å². The second kappa shape index (κ2) is 7.07. The van der Waals surface area contributed by atoms with Gasteiger partial charge in [-0.1, -0.05) is 18.2 Å². The first-order chi connectivity index (χ1) is 11.6. The van der Waals surface area contributed by atoms with E-state index in [1.165, 1.54) is 36.6 Å². The highest BCUT2D eigenvalue weighted by Gasteiger charge is 2.20. The molecular weight excluding hydrogens is 332 g/mol. The molecule has 0 saturated carbocycles. The summed E-state index contributed by atoms with van der Waals surface area (Å²) < 4.78 is 33.1. The summed E-state index contributed by atoms with van der Waals surface area (Å²) in [5.41, 5.74) is 1.19. The van der Waals surface area contributed by atoms with Gasteiger partial charge in [0, 0.05) is 29.3 Å². The highest BCUT2D eigenvalue weighted by atomic mass is 32.1. The van der Waals surface area contributed by atoms with Crippen molar-refractivity contribution in [1.82, 2.24) is 5.32 Å². The number of methoxy groups -OCH3 is 1. The van der Waals surface area contributed by atoms with Crippen molar-refractivity contribution in [1.29, 1.82) is 0 Å². The molecule has 124 valence electrons. The lowest BCUT2D eigenvalue weighted by Gasteiger charge is -2.07. The Morgan fingerprint density at radius 2 is 2.00 bits per heavy atom. The number of halogens is 2. The molecule has 3 rings (SSSR count). The van der Waals surface area contributed by atoms with E-state index in [0.29, 0.717) is 26.1 Å². The molecule has 1 N–H and O–H groups in total. The normalized spacial score (nSPS) is 11.0. The average Bonchev–Trinajstić information content (AvgIpc) is 2.93. The van der Waals surface area contributed by atoms with Crippen LogP contribution in [0.4, 0.5) is 8.78 Å². The van der Waals surface area contributed by atoms with Gasteiger partial charge in [0.25, 0.3) is 5.91 Å². The van der Waals surface area contributed by atoms with Gasteiger partial charge in [0.15, 0.2) is 0 Å². The summed E-state index contributed by atoms with van der Waals surface area (Å²) in [5, 5.41) is 3.17. The lowest BCUT2D eigenvalue weighted by atomic mass is 10.1. The number of hydrogen-bond donors (Lipinski definition) is 1. The van der Waals surface area contributed by atoms with Gasteiger partial charge < -0.3 is 10.1 Å². The Hall–Kier alpha value is -2.31. The minimum Gasteiger partial charge on any atom is -0.380 e. The predicted octanol–water partition coefficient (Wildman–Crippen LogP) is 4.26. The molecule has 0 spiro atoms. The van der Waals surface area contributed by atoms with Crippen molar-refractivity contribution in [2.75, 3.05) is 7.11 Å². The van der Waals surface area contributed by atoms with Crippen molar-refractivity contribution in [2.45, 2.75) is 13.2 Å². The molecule has 1 amide bonds. The van der Waals surface area contributed by atoms with Crippen LogP contribution in [-0.4, -0.2) is 13.0 Å². The number of amides is 1. The summed E-state index contributed by atoms with van der Waals surface area (Å²) in [7, 11) is 1.50. The van der Waals surface area contributed by atoms with E-state index in [1.54, 1.807) is 24.3 Å². The van der Waals surface area contributed by atoms with Crippen LogP contribution in [0, 0.1) is 11.6 Å². The molecule has 0 radical (unpaired) electrons. The summed E-state index contributed by atoms with van der Waals surface area (Å²) in [6.45, 7) is 0.337. The fraction of sp³-hybridized carbons (Fsp3) is 0.167. The highest BCUT2D eigenvalue weighted by Crippen LogP contribution is 2.33. The Morgan fingerprint density at radius 1 is 1.21 bits per heavy atom. The van der Waals surface area contributed by atoms with Gasteiger partial charge in [-0.3, -0.25) is 4.79 Å². The van der Waals surface area contributed by atoms with Crippen molar-refractivity contribution in [3.05, 3.63) is 70.1 Å². The van der Waals surface area contributed by atoms with Gasteiger partial charge in [-0.05, 0) is 29.8 Å². The van der Waals surface area contributed by atoms with Gasteiger partial charge >= 0.3 is 0 Å². The smallest absolute Gasteiger partial charge is 0.262 e. The van der Waals surface area contributed by atoms with E-state index in [0.717, 1.165) is 0 Å². The van der Waals surface area contributed by atoms with Gasteiger partial charge in [-0.2, -0.15) is 0 Å². The molecule has 3 nitrogen and oxygen atoms in total. The molecule has 0 atom stereocenters. The van der Waals surface area contributed by atoms with Gasteiger partial charge in [0.2, 0.25) is 0 Å². The molecular formula is C18H15F2NO2S. The van der Waals surface area contributed by atoms with E-state index in [4.69, 9.17) is 4.74 Å². The summed E-state index contributed by atoms with van der Waals surface area (Å²) in [5.74, 6) is -1.06. The molecule has 0 aliphatic heterocycles. The zero-order valence-corrected chi connectivity index (χ0v) is 13.8. The largest absolute Gasteiger partial charge is 0.380 e. The molecule has 0 aliphatic rings. The first-order valence-electron chi connectivity index (χ1n) is 7.31. The fourth-order valence-corrected chi connectivity index (χ4v) is 3.68. The van der Waals surface area contributed by atoms with Crippen molar-refractivity contribution < 1.29 is 18.3 Å². The number of nitrogens with one attached hydrogen (secondary N) is 1. The second-order valence-electron chi connectivity index (χ2n) is 5.27. The van der Waals surface area contributed by atoms with Crippen molar-refractivity contribution in [2.24, 2.45) is 0 Å². The number of thiophene rings is 1. The molecule has 0 saturated heterocycles. The number of carbonyl (C=O) groups excluding carboxylic acids is 1. The van der Waals surface area contributed by atoms with Crippen LogP contribution in [0.15, 0.2) is 42.5 Å². The summed E-state index contributed by atoms with van der Waals surface area (Å²) in [4.78, 5) is 12.9. The van der Waals surface area contributed by atoms with E-state index in [-0.39, 0.29) is 30.7 Å². The van der Waals surface area contributed by atoms with Crippen LogP contribution in [0.3, 0.4) is 0 Å². The Balaban J connectivity index is 1.89. The Labute approximate surface area is 141 Å². The van der Waals surface area contributed by atoms with E-state index in [9.17, 15) is 13.6 Å². The number of benzene rings is 2. The van der Waals surface area contributed by atoms with E-state index in [1.807, 2.05) is 0 Å². The summed E-state index contributed by atoms with van der Waals surface area (Å²) in [6, 6.07) is 10.8. The minimum atomic E-state index is -0.375. The first-order valence-corrected chi connectivity index (χ1v) is 8.13. The summed E-state index contributed by atoms with van der Waals surface area (Å²) >= 11 is 1.22. The zero-order chi connectivity index (χ0) is 17.1. The monoisotopic (exact) mass is 347 g/mol. The summed E-state index contributed by atoms with van der Waals surface area (Å²) in [6.07, 6.45) is 0. The quantitative estimate of drug-likeness (QED) is 0.749. The molecule has 3 aromatic rings. The number of rotatable bonds is 5. The topological polar surface area (TPSA) is 38.3 Å². The average molecular weight is 347 g/mol. The first kappa shape index (κ1) is 16.5. The van der Waals surface area contributed by atoms with Crippen LogP contribution in [0.2, 0.25) is 0 Å².